The Kier molecular flexibility index (Phi) is 3.99. The van der Waals surface area contributed by atoms with Crippen molar-refractivity contribution in [2.75, 3.05) is 13.1 Å². The van der Waals surface area contributed by atoms with Gasteiger partial charge in [-0.05, 0) is 42.7 Å². The molecule has 31 heavy (non-hydrogen) atoms. The molecule has 0 saturated carbocycles. The van der Waals surface area contributed by atoms with E-state index in [1.165, 1.54) is 0 Å². The van der Waals surface area contributed by atoms with Gasteiger partial charge in [0.1, 0.15) is 0 Å². The van der Waals surface area contributed by atoms with E-state index >= 15 is 0 Å². The lowest BCUT2D eigenvalue weighted by molar-refractivity contribution is 0.0586. The van der Waals surface area contributed by atoms with Crippen LogP contribution in [0.4, 0.5) is 0 Å². The molecule has 1 fully saturated rings. The van der Waals surface area contributed by atoms with Crippen molar-refractivity contribution in [3.8, 4) is 11.3 Å². The molecule has 1 amide bonds. The van der Waals surface area contributed by atoms with Gasteiger partial charge in [-0.25, -0.2) is 9.50 Å². The monoisotopic (exact) mass is 412 g/mol. The molecule has 6 rings (SSSR count). The van der Waals surface area contributed by atoms with Gasteiger partial charge in [-0.3, -0.25) is 14.6 Å². The Morgan fingerprint density at radius 3 is 2.81 bits per heavy atom. The van der Waals surface area contributed by atoms with Crippen LogP contribution in [0.5, 0.6) is 0 Å². The van der Waals surface area contributed by atoms with Crippen molar-refractivity contribution >= 4 is 11.6 Å². The maximum atomic E-state index is 13.3. The third-order valence-corrected chi connectivity index (χ3v) is 6.30. The van der Waals surface area contributed by atoms with Crippen LogP contribution in [-0.4, -0.2) is 48.0 Å². The number of fused-ring (bicyclic) bond motifs is 5. The summed E-state index contributed by atoms with van der Waals surface area (Å²) in [5.74, 6) is 0.290. The van der Waals surface area contributed by atoms with E-state index in [4.69, 9.17) is 0 Å². The van der Waals surface area contributed by atoms with Gasteiger partial charge in [0.05, 0.1) is 11.9 Å². The Bertz CT molecular complexity index is 1360. The Hall–Kier alpha value is -3.81. The molecule has 8 heteroatoms. The smallest absolute Gasteiger partial charge is 0.274 e. The van der Waals surface area contributed by atoms with Gasteiger partial charge in [-0.15, -0.1) is 0 Å². The fraction of sp³-hybridized carbons (Fsp3) is 0.261. The minimum atomic E-state index is -0.0717. The average Bonchev–Trinajstić information content (AvgIpc) is 3.24. The Labute approximate surface area is 177 Å². The molecule has 2 aliphatic heterocycles. The highest BCUT2D eigenvalue weighted by Crippen LogP contribution is 2.36. The van der Waals surface area contributed by atoms with Gasteiger partial charge in [-0.1, -0.05) is 6.07 Å². The van der Waals surface area contributed by atoms with Crippen LogP contribution in [-0.2, 0) is 6.54 Å². The lowest BCUT2D eigenvalue weighted by Gasteiger charge is -2.42. The summed E-state index contributed by atoms with van der Waals surface area (Å²) in [4.78, 5) is 36.8. The average molecular weight is 412 g/mol. The number of carbonyl (C=O) groups excluding carboxylic acids is 1. The zero-order valence-electron chi connectivity index (χ0n) is 16.8. The van der Waals surface area contributed by atoms with E-state index in [9.17, 15) is 9.59 Å². The Morgan fingerprint density at radius 2 is 1.94 bits per heavy atom. The molecule has 154 valence electrons. The van der Waals surface area contributed by atoms with E-state index in [1.54, 1.807) is 35.2 Å². The molecule has 0 aromatic carbocycles. The second kappa shape index (κ2) is 6.87. The number of likely N-dealkylation sites (tertiary alicyclic amines) is 1. The molecule has 0 aliphatic carbocycles. The van der Waals surface area contributed by atoms with E-state index in [0.29, 0.717) is 31.0 Å². The summed E-state index contributed by atoms with van der Waals surface area (Å²) in [5.41, 5.74) is 3.71. The van der Waals surface area contributed by atoms with Crippen molar-refractivity contribution < 1.29 is 4.79 Å². The molecule has 1 saturated heterocycles. The lowest BCUT2D eigenvalue weighted by atomic mass is 9.82. The molecule has 6 heterocycles. The largest absolute Gasteiger partial charge is 0.336 e. The SMILES string of the molecule is O=C(c1cnc2cccnn12)N1C[C@@H]2C[C@H](C1)c1cc(-c3ccccn3)cc(=O)n1C2. The number of hydrogen-bond acceptors (Lipinski definition) is 5. The molecule has 2 aliphatic rings. The first-order valence-electron chi connectivity index (χ1n) is 10.4. The predicted octanol–water partition coefficient (Wildman–Crippen LogP) is 2.21. The Balaban J connectivity index is 1.35. The second-order valence-corrected chi connectivity index (χ2v) is 8.28. The maximum Gasteiger partial charge on any atom is 0.274 e. The van der Waals surface area contributed by atoms with E-state index in [1.807, 2.05) is 33.7 Å². The number of imidazole rings is 1. The van der Waals surface area contributed by atoms with Crippen LogP contribution in [0.15, 0.2) is 65.8 Å². The van der Waals surface area contributed by atoms with E-state index < -0.39 is 0 Å². The summed E-state index contributed by atoms with van der Waals surface area (Å²) in [6.07, 6.45) is 5.94. The zero-order chi connectivity index (χ0) is 20.9. The maximum absolute atomic E-state index is 13.3. The highest BCUT2D eigenvalue weighted by Gasteiger charge is 2.37. The quantitative estimate of drug-likeness (QED) is 0.504. The third kappa shape index (κ3) is 2.94. The van der Waals surface area contributed by atoms with E-state index in [0.717, 1.165) is 23.4 Å². The van der Waals surface area contributed by atoms with Crippen LogP contribution in [0.3, 0.4) is 0 Å². The normalized spacial score (nSPS) is 19.9. The first kappa shape index (κ1) is 18.0. The van der Waals surface area contributed by atoms with Gasteiger partial charge in [-0.2, -0.15) is 5.10 Å². The summed E-state index contributed by atoms with van der Waals surface area (Å²) in [6.45, 7) is 1.83. The molecule has 0 unspecified atom stereocenters. The molecule has 0 spiro atoms. The van der Waals surface area contributed by atoms with Gasteiger partial charge >= 0.3 is 0 Å². The van der Waals surface area contributed by atoms with E-state index in [2.05, 4.69) is 21.1 Å². The highest BCUT2D eigenvalue weighted by atomic mass is 16.2. The van der Waals surface area contributed by atoms with Gasteiger partial charge in [0.2, 0.25) is 0 Å². The standard InChI is InChI=1S/C23H20N6O2/c30-22-10-16(18-4-1-2-6-24-18)9-19-17-8-15(13-28(19)22)12-27(14-17)23(31)20-11-25-21-5-3-7-26-29(20)21/h1-7,9-11,15,17H,8,12-14H2/t15-,17+/m0/s1. The topological polar surface area (TPSA) is 85.4 Å². The minimum absolute atomic E-state index is 0.00128. The molecule has 2 atom stereocenters. The fourth-order valence-electron chi connectivity index (χ4n) is 4.94. The molecule has 0 radical (unpaired) electrons. The van der Waals surface area contributed by atoms with Crippen molar-refractivity contribution in [1.82, 2.24) is 29.0 Å². The predicted molar refractivity (Wildman–Crippen MR) is 114 cm³/mol. The number of nitrogens with zero attached hydrogens (tertiary/aromatic N) is 6. The van der Waals surface area contributed by atoms with Crippen molar-refractivity contribution in [3.63, 3.8) is 0 Å². The van der Waals surface area contributed by atoms with Crippen molar-refractivity contribution in [2.24, 2.45) is 5.92 Å². The second-order valence-electron chi connectivity index (χ2n) is 8.28. The van der Waals surface area contributed by atoms with Crippen LogP contribution in [0.2, 0.25) is 0 Å². The van der Waals surface area contributed by atoms with Crippen LogP contribution in [0, 0.1) is 5.92 Å². The number of aromatic nitrogens is 5. The van der Waals surface area contributed by atoms with Gasteiger partial charge in [0.15, 0.2) is 11.3 Å². The fourth-order valence-corrected chi connectivity index (χ4v) is 4.94. The third-order valence-electron chi connectivity index (χ3n) is 6.30. The number of amides is 1. The van der Waals surface area contributed by atoms with Crippen molar-refractivity contribution in [1.29, 1.82) is 0 Å². The molecular formula is C23H20N6O2. The molecule has 4 aromatic heterocycles. The van der Waals surface area contributed by atoms with Crippen LogP contribution in [0.1, 0.15) is 28.5 Å². The molecule has 8 nitrogen and oxygen atoms in total. The Morgan fingerprint density at radius 1 is 1.00 bits per heavy atom. The summed E-state index contributed by atoms with van der Waals surface area (Å²) in [5, 5.41) is 4.28. The van der Waals surface area contributed by atoms with Crippen LogP contribution >= 0.6 is 0 Å². The first-order valence-corrected chi connectivity index (χ1v) is 10.4. The number of rotatable bonds is 2. The summed E-state index contributed by atoms with van der Waals surface area (Å²) < 4.78 is 3.47. The summed E-state index contributed by atoms with van der Waals surface area (Å²) in [7, 11) is 0. The number of carbonyl (C=O) groups is 1. The number of pyridine rings is 2. The van der Waals surface area contributed by atoms with Crippen LogP contribution in [0.25, 0.3) is 16.9 Å². The molecule has 2 bridgehead atoms. The van der Waals surface area contributed by atoms with Gasteiger partial charge in [0.25, 0.3) is 11.5 Å². The molecular weight excluding hydrogens is 392 g/mol. The first-order chi connectivity index (χ1) is 15.2. The van der Waals surface area contributed by atoms with Gasteiger partial charge in [0, 0.05) is 55.3 Å². The summed E-state index contributed by atoms with van der Waals surface area (Å²) >= 11 is 0. The van der Waals surface area contributed by atoms with Crippen LogP contribution < -0.4 is 5.56 Å². The summed E-state index contributed by atoms with van der Waals surface area (Å²) in [6, 6.07) is 13.0. The number of piperidine rings is 1. The van der Waals surface area contributed by atoms with Gasteiger partial charge < -0.3 is 9.47 Å². The van der Waals surface area contributed by atoms with Crippen molar-refractivity contribution in [2.45, 2.75) is 18.9 Å². The van der Waals surface area contributed by atoms with E-state index in [-0.39, 0.29) is 23.3 Å². The minimum Gasteiger partial charge on any atom is -0.336 e. The van der Waals surface area contributed by atoms with Crippen molar-refractivity contribution in [3.05, 3.63) is 82.8 Å². The molecule has 4 aromatic rings. The number of hydrogen-bond donors (Lipinski definition) is 0. The lowest BCUT2D eigenvalue weighted by Crippen LogP contribution is -2.49. The highest BCUT2D eigenvalue weighted by molar-refractivity contribution is 5.93. The molecule has 0 N–H and O–H groups in total. The zero-order valence-corrected chi connectivity index (χ0v) is 16.8.